The highest BCUT2D eigenvalue weighted by atomic mass is 19.1. The van der Waals surface area contributed by atoms with E-state index < -0.39 is 35.0 Å². The molecule has 1 aromatic carbocycles. The molecule has 1 aliphatic carbocycles. The normalized spacial score (nSPS) is 18.3. The number of nitrogens with two attached hydrogens (primary N) is 1. The lowest BCUT2D eigenvalue weighted by Crippen LogP contribution is -2.54. The van der Waals surface area contributed by atoms with Crippen LogP contribution in [0, 0.1) is 23.0 Å². The van der Waals surface area contributed by atoms with Crippen molar-refractivity contribution in [3.05, 3.63) is 82.5 Å². The minimum atomic E-state index is -1.40. The maximum atomic E-state index is 14.6. The number of rotatable bonds is 14. The number of benzene rings is 1. The third-order valence-electron chi connectivity index (χ3n) is 7.91. The third kappa shape index (κ3) is 8.79. The molecule has 1 heterocycles. The van der Waals surface area contributed by atoms with E-state index in [1.807, 2.05) is 34.6 Å². The largest absolute Gasteiger partial charge is 0.391 e. The number of aliphatic hydroxyl groups excluding tert-OH is 1. The Bertz CT molecular complexity index is 1360. The highest BCUT2D eigenvalue weighted by Crippen LogP contribution is 2.45. The van der Waals surface area contributed by atoms with Gasteiger partial charge in [-0.05, 0) is 56.4 Å². The Hall–Kier alpha value is -3.50. The monoisotopic (exact) mass is 611 g/mol. The van der Waals surface area contributed by atoms with E-state index in [-0.39, 0.29) is 36.3 Å². The fourth-order valence-electron chi connectivity index (χ4n) is 5.97. The van der Waals surface area contributed by atoms with E-state index in [0.717, 1.165) is 11.8 Å². The predicted molar refractivity (Wildman–Crippen MR) is 167 cm³/mol. The smallest absolute Gasteiger partial charge is 0.244 e. The molecule has 1 aromatic heterocycles. The summed E-state index contributed by atoms with van der Waals surface area (Å²) >= 11 is 0. The van der Waals surface area contributed by atoms with Gasteiger partial charge < -0.3 is 21.1 Å². The van der Waals surface area contributed by atoms with E-state index in [1.165, 1.54) is 12.1 Å². The van der Waals surface area contributed by atoms with E-state index >= 15 is 0 Å². The highest BCUT2D eigenvalue weighted by molar-refractivity contribution is 5.96. The molecule has 1 unspecified atom stereocenters. The molecule has 240 valence electrons. The minimum Gasteiger partial charge on any atom is -0.391 e. The van der Waals surface area contributed by atoms with Crippen LogP contribution in [0.5, 0.6) is 0 Å². The molecule has 2 aromatic rings. The second-order valence-electron chi connectivity index (χ2n) is 12.8. The van der Waals surface area contributed by atoms with Gasteiger partial charge in [-0.15, -0.1) is 0 Å². The first-order valence-corrected chi connectivity index (χ1v) is 15.4. The number of hydrogen-bond acceptors (Lipinski definition) is 6. The third-order valence-corrected chi connectivity index (χ3v) is 7.91. The van der Waals surface area contributed by atoms with Crippen molar-refractivity contribution in [2.45, 2.75) is 85.3 Å². The van der Waals surface area contributed by atoms with Crippen molar-refractivity contribution in [3.63, 3.8) is 0 Å². The molecule has 10 heteroatoms. The highest BCUT2D eigenvalue weighted by Gasteiger charge is 2.50. The van der Waals surface area contributed by atoms with E-state index in [9.17, 15) is 23.5 Å². The van der Waals surface area contributed by atoms with Crippen LogP contribution >= 0.6 is 0 Å². The van der Waals surface area contributed by atoms with Gasteiger partial charge in [-0.1, -0.05) is 52.3 Å². The topological polar surface area (TPSA) is 121 Å². The minimum absolute atomic E-state index is 0.0210. The van der Waals surface area contributed by atoms with Crippen molar-refractivity contribution in [2.24, 2.45) is 17.1 Å². The lowest BCUT2D eigenvalue weighted by molar-refractivity contribution is -0.145. The molecule has 0 aliphatic heterocycles. The number of aliphatic hydroxyl groups is 1. The van der Waals surface area contributed by atoms with Gasteiger partial charge in [-0.25, -0.2) is 18.7 Å². The summed E-state index contributed by atoms with van der Waals surface area (Å²) in [5, 5.41) is 15.1. The average molecular weight is 612 g/mol. The van der Waals surface area contributed by atoms with E-state index in [2.05, 4.69) is 15.3 Å². The molecule has 0 spiro atoms. The Morgan fingerprint density at radius 3 is 2.34 bits per heavy atom. The van der Waals surface area contributed by atoms with Gasteiger partial charge in [0.15, 0.2) is 0 Å². The molecule has 0 radical (unpaired) electrons. The number of amides is 2. The SMILES string of the molecule is CCCN(CCC)C(=O)C1([C@H](Cc2cc(F)cc(F)c2)[C@@H](O)CNCc2ccnc(C(C)(C)C)n2)C=C(C)C=C(C(N)=O)C1. The molecule has 0 bridgehead atoms. The van der Waals surface area contributed by atoms with Crippen LogP contribution in [0.2, 0.25) is 0 Å². The lowest BCUT2D eigenvalue weighted by atomic mass is 9.63. The van der Waals surface area contributed by atoms with E-state index in [0.29, 0.717) is 49.4 Å². The van der Waals surface area contributed by atoms with Crippen molar-refractivity contribution < 1.29 is 23.5 Å². The maximum Gasteiger partial charge on any atom is 0.244 e. The Balaban J connectivity index is 2.07. The van der Waals surface area contributed by atoms with Gasteiger partial charge in [-0.3, -0.25) is 9.59 Å². The number of carbonyl (C=O) groups excluding carboxylic acids is 2. The van der Waals surface area contributed by atoms with Gasteiger partial charge in [0.1, 0.15) is 17.5 Å². The number of nitrogens with one attached hydrogen (secondary N) is 1. The summed E-state index contributed by atoms with van der Waals surface area (Å²) in [4.78, 5) is 37.9. The quantitative estimate of drug-likeness (QED) is 0.283. The molecule has 1 aliphatic rings. The van der Waals surface area contributed by atoms with Gasteiger partial charge in [0.25, 0.3) is 0 Å². The van der Waals surface area contributed by atoms with Crippen LogP contribution in [-0.2, 0) is 28.0 Å². The van der Waals surface area contributed by atoms with Crippen LogP contribution in [0.15, 0.2) is 53.8 Å². The fourth-order valence-corrected chi connectivity index (χ4v) is 5.97. The molecule has 3 atom stereocenters. The van der Waals surface area contributed by atoms with Gasteiger partial charge in [0, 0.05) is 55.3 Å². The second kappa shape index (κ2) is 15.0. The summed E-state index contributed by atoms with van der Waals surface area (Å²) in [5.74, 6) is -2.59. The summed E-state index contributed by atoms with van der Waals surface area (Å²) in [6, 6.07) is 5.00. The standard InChI is InChI=1S/C34H47F2N5O3/c1-7-11-41(12-8-2)32(44)34(18-22(3)13-24(19-34)30(37)43)28(16-23-14-25(35)17-26(36)15-23)29(42)21-38-20-27-9-10-39-31(40-27)33(4,5)6/h9-10,13-15,17-18,28-29,38,42H,7-8,11-12,16,19-21H2,1-6H3,(H2,37,43)/t28-,29+,34?/m1/s1. The fraction of sp³-hybridized carbons (Fsp3) is 0.529. The van der Waals surface area contributed by atoms with Crippen molar-refractivity contribution in [3.8, 4) is 0 Å². The Kier molecular flexibility index (Phi) is 11.9. The van der Waals surface area contributed by atoms with Gasteiger partial charge in [0.2, 0.25) is 11.8 Å². The Morgan fingerprint density at radius 2 is 1.77 bits per heavy atom. The number of primary amides is 1. The average Bonchev–Trinajstić information content (AvgIpc) is 2.94. The number of nitrogens with zero attached hydrogens (tertiary/aromatic N) is 3. The zero-order valence-electron chi connectivity index (χ0n) is 26.8. The van der Waals surface area contributed by atoms with Crippen LogP contribution in [0.1, 0.15) is 77.9 Å². The van der Waals surface area contributed by atoms with E-state index in [1.54, 1.807) is 36.2 Å². The first kappa shape index (κ1) is 35.0. The number of allylic oxidation sites excluding steroid dienone is 2. The van der Waals surface area contributed by atoms with Gasteiger partial charge in [-0.2, -0.15) is 0 Å². The van der Waals surface area contributed by atoms with E-state index in [4.69, 9.17) is 5.73 Å². The zero-order chi connectivity index (χ0) is 32.7. The summed E-state index contributed by atoms with van der Waals surface area (Å²) in [6.45, 7) is 13.1. The summed E-state index contributed by atoms with van der Waals surface area (Å²) < 4.78 is 28.7. The number of carbonyl (C=O) groups is 2. The molecule has 8 nitrogen and oxygen atoms in total. The van der Waals surface area contributed by atoms with Crippen LogP contribution in [-0.4, -0.2) is 57.5 Å². The molecule has 44 heavy (non-hydrogen) atoms. The Morgan fingerprint density at radius 1 is 1.14 bits per heavy atom. The number of aromatic nitrogens is 2. The first-order chi connectivity index (χ1) is 20.7. The second-order valence-corrected chi connectivity index (χ2v) is 12.8. The summed E-state index contributed by atoms with van der Waals surface area (Å²) in [6.07, 6.45) is 5.35. The lowest BCUT2D eigenvalue weighted by Gasteiger charge is -2.45. The molecule has 0 saturated carbocycles. The summed E-state index contributed by atoms with van der Waals surface area (Å²) in [7, 11) is 0. The van der Waals surface area contributed by atoms with Crippen molar-refractivity contribution in [1.29, 1.82) is 0 Å². The van der Waals surface area contributed by atoms with Crippen molar-refractivity contribution in [2.75, 3.05) is 19.6 Å². The zero-order valence-corrected chi connectivity index (χ0v) is 26.8. The molecular weight excluding hydrogens is 564 g/mol. The maximum absolute atomic E-state index is 14.6. The molecule has 3 rings (SSSR count). The molecule has 2 amide bonds. The molecule has 4 N–H and O–H groups in total. The van der Waals surface area contributed by atoms with Crippen LogP contribution in [0.3, 0.4) is 0 Å². The summed E-state index contributed by atoms with van der Waals surface area (Å²) in [5.41, 5.74) is 6.05. The number of hydrogen-bond donors (Lipinski definition) is 3. The van der Waals surface area contributed by atoms with Crippen molar-refractivity contribution in [1.82, 2.24) is 20.2 Å². The number of halogens is 2. The van der Waals surface area contributed by atoms with Crippen LogP contribution < -0.4 is 11.1 Å². The molecule has 0 saturated heterocycles. The molecular formula is C34H47F2N5O3. The van der Waals surface area contributed by atoms with Crippen LogP contribution in [0.25, 0.3) is 0 Å². The van der Waals surface area contributed by atoms with Gasteiger partial charge >= 0.3 is 0 Å². The Labute approximate surface area is 259 Å². The van der Waals surface area contributed by atoms with Crippen molar-refractivity contribution >= 4 is 11.8 Å². The predicted octanol–water partition coefficient (Wildman–Crippen LogP) is 4.76. The van der Waals surface area contributed by atoms with Gasteiger partial charge in [0.05, 0.1) is 17.2 Å². The van der Waals surface area contributed by atoms with Crippen LogP contribution in [0.4, 0.5) is 8.78 Å². The first-order valence-electron chi connectivity index (χ1n) is 15.4. The molecule has 0 fully saturated rings.